The summed E-state index contributed by atoms with van der Waals surface area (Å²) in [7, 11) is 1.61. The number of ether oxygens (including phenoxy) is 2. The maximum atomic E-state index is 12.1. The van der Waals surface area contributed by atoms with Gasteiger partial charge in [0.2, 0.25) is 11.8 Å². The molecule has 1 aliphatic heterocycles. The number of esters is 1. The molecule has 0 saturated carbocycles. The number of rotatable bonds is 12. The lowest BCUT2D eigenvalue weighted by Gasteiger charge is -2.19. The third-order valence-electron chi connectivity index (χ3n) is 5.46. The summed E-state index contributed by atoms with van der Waals surface area (Å²) >= 11 is 7.56. The van der Waals surface area contributed by atoms with Crippen molar-refractivity contribution >= 4 is 41.1 Å². The molecule has 2 amide bonds. The monoisotopic (exact) mass is 504 g/mol. The van der Waals surface area contributed by atoms with Gasteiger partial charge in [0, 0.05) is 47.6 Å². The highest BCUT2D eigenvalue weighted by Gasteiger charge is 2.28. The second-order valence-corrected chi connectivity index (χ2v) is 9.34. The number of hydrogen-bond acceptors (Lipinski definition) is 7. The Morgan fingerprint density at radius 2 is 1.85 bits per heavy atom. The topological polar surface area (TPSA) is 84.9 Å². The molecule has 1 fully saturated rings. The molecule has 1 N–H and O–H groups in total. The number of nitrogens with one attached hydrogen (secondary N) is 1. The molecule has 9 heteroatoms. The Kier molecular flexibility index (Phi) is 9.80. The molecule has 0 radical (unpaired) electrons. The van der Waals surface area contributed by atoms with Crippen molar-refractivity contribution in [3.05, 3.63) is 58.6 Å². The number of thioether (sulfide) groups is 1. The zero-order chi connectivity index (χ0) is 24.5. The highest BCUT2D eigenvalue weighted by molar-refractivity contribution is 7.99. The van der Waals surface area contributed by atoms with Crippen LogP contribution in [0.3, 0.4) is 0 Å². The summed E-state index contributed by atoms with van der Waals surface area (Å²) in [5.41, 5.74) is 1.94. The van der Waals surface area contributed by atoms with Crippen molar-refractivity contribution in [2.45, 2.75) is 43.7 Å². The van der Waals surface area contributed by atoms with E-state index in [4.69, 9.17) is 21.1 Å². The average Bonchev–Trinajstić information content (AvgIpc) is 3.15. The van der Waals surface area contributed by atoms with E-state index in [0.29, 0.717) is 43.3 Å². The fourth-order valence-electron chi connectivity index (χ4n) is 3.69. The molecule has 0 aliphatic carbocycles. The SMILES string of the molecule is CCOC(=O)C[C@H](NCc1ccc(SCCN2C(=O)CCC2=O)c(OC)c1)c1ccc(Cl)cc1. The largest absolute Gasteiger partial charge is 0.496 e. The summed E-state index contributed by atoms with van der Waals surface area (Å²) in [5.74, 6) is 0.851. The minimum Gasteiger partial charge on any atom is -0.496 e. The third kappa shape index (κ3) is 7.22. The first-order valence-corrected chi connectivity index (χ1v) is 12.5. The molecular weight excluding hydrogens is 476 g/mol. The van der Waals surface area contributed by atoms with Crippen LogP contribution in [0.25, 0.3) is 0 Å². The fraction of sp³-hybridized carbons (Fsp3) is 0.400. The number of halogens is 1. The first kappa shape index (κ1) is 26.1. The highest BCUT2D eigenvalue weighted by atomic mass is 35.5. The molecule has 34 heavy (non-hydrogen) atoms. The number of methoxy groups -OCH3 is 1. The molecule has 0 spiro atoms. The van der Waals surface area contributed by atoms with Crippen molar-refractivity contribution in [1.82, 2.24) is 10.2 Å². The van der Waals surface area contributed by atoms with Gasteiger partial charge in [-0.15, -0.1) is 11.8 Å². The Morgan fingerprint density at radius 3 is 2.50 bits per heavy atom. The molecule has 2 aromatic rings. The zero-order valence-corrected chi connectivity index (χ0v) is 20.9. The average molecular weight is 505 g/mol. The van der Waals surface area contributed by atoms with Gasteiger partial charge in [0.15, 0.2) is 0 Å². The van der Waals surface area contributed by atoms with Gasteiger partial charge in [0.25, 0.3) is 0 Å². The molecule has 7 nitrogen and oxygen atoms in total. The van der Waals surface area contributed by atoms with E-state index in [1.165, 1.54) is 4.90 Å². The first-order valence-electron chi connectivity index (χ1n) is 11.2. The predicted octanol–water partition coefficient (Wildman–Crippen LogP) is 4.37. The summed E-state index contributed by atoms with van der Waals surface area (Å²) in [6.07, 6.45) is 0.817. The van der Waals surface area contributed by atoms with Crippen LogP contribution in [-0.4, -0.2) is 48.7 Å². The number of likely N-dealkylation sites (tertiary alicyclic amines) is 1. The van der Waals surface area contributed by atoms with E-state index in [0.717, 1.165) is 21.8 Å². The molecule has 1 aliphatic rings. The van der Waals surface area contributed by atoms with E-state index in [1.54, 1.807) is 37.9 Å². The van der Waals surface area contributed by atoms with Gasteiger partial charge in [-0.05, 0) is 42.3 Å². The van der Waals surface area contributed by atoms with Crippen LogP contribution in [0, 0.1) is 0 Å². The number of carbonyl (C=O) groups excluding carboxylic acids is 3. The Balaban J connectivity index is 1.62. The molecule has 0 aromatic heterocycles. The van der Waals surface area contributed by atoms with Gasteiger partial charge in [-0.3, -0.25) is 19.3 Å². The second-order valence-electron chi connectivity index (χ2n) is 7.77. The molecule has 2 aromatic carbocycles. The summed E-state index contributed by atoms with van der Waals surface area (Å²) in [6, 6.07) is 13.1. The molecule has 0 unspecified atom stereocenters. The maximum absolute atomic E-state index is 12.1. The van der Waals surface area contributed by atoms with Gasteiger partial charge in [-0.25, -0.2) is 0 Å². The van der Waals surface area contributed by atoms with Gasteiger partial charge in [-0.1, -0.05) is 29.8 Å². The summed E-state index contributed by atoms with van der Waals surface area (Å²) in [5, 5.41) is 4.07. The molecule has 1 atom stereocenters. The van der Waals surface area contributed by atoms with Gasteiger partial charge >= 0.3 is 5.97 Å². The number of imide groups is 1. The molecule has 1 saturated heterocycles. The van der Waals surface area contributed by atoms with Crippen LogP contribution in [0.2, 0.25) is 5.02 Å². The number of hydrogen-bond donors (Lipinski definition) is 1. The van der Waals surface area contributed by atoms with Crippen LogP contribution in [0.15, 0.2) is 47.4 Å². The molecule has 182 valence electrons. The van der Waals surface area contributed by atoms with Gasteiger partial charge in [0.1, 0.15) is 5.75 Å². The van der Waals surface area contributed by atoms with Crippen LogP contribution in [0.4, 0.5) is 0 Å². The summed E-state index contributed by atoms with van der Waals surface area (Å²) < 4.78 is 10.7. The van der Waals surface area contributed by atoms with Gasteiger partial charge in [-0.2, -0.15) is 0 Å². The van der Waals surface area contributed by atoms with E-state index in [9.17, 15) is 14.4 Å². The Morgan fingerprint density at radius 1 is 1.15 bits per heavy atom. The van der Waals surface area contributed by atoms with Crippen LogP contribution < -0.4 is 10.1 Å². The molecule has 1 heterocycles. The molecule has 0 bridgehead atoms. The quantitative estimate of drug-likeness (QED) is 0.261. The standard InChI is InChI=1S/C25H29ClN2O5S/c1-3-33-25(31)15-20(18-5-7-19(26)8-6-18)27-16-17-4-9-22(21(14-17)32-2)34-13-12-28-23(29)10-11-24(28)30/h4-9,14,20,27H,3,10-13,15-16H2,1-2H3/t20-/m0/s1. The van der Waals surface area contributed by atoms with Gasteiger partial charge < -0.3 is 14.8 Å². The van der Waals surface area contributed by atoms with Crippen molar-refractivity contribution < 1.29 is 23.9 Å². The normalized spacial score (nSPS) is 14.4. The zero-order valence-electron chi connectivity index (χ0n) is 19.3. The highest BCUT2D eigenvalue weighted by Crippen LogP contribution is 2.31. The minimum atomic E-state index is -0.269. The van der Waals surface area contributed by atoms with E-state index in [-0.39, 0.29) is 30.2 Å². The van der Waals surface area contributed by atoms with Crippen molar-refractivity contribution in [2.24, 2.45) is 0 Å². The van der Waals surface area contributed by atoms with Crippen molar-refractivity contribution in [3.8, 4) is 5.75 Å². The number of nitrogens with zero attached hydrogens (tertiary/aromatic N) is 1. The van der Waals surface area contributed by atoms with Crippen molar-refractivity contribution in [2.75, 3.05) is 26.0 Å². The second kappa shape index (κ2) is 12.8. The number of benzene rings is 2. The lowest BCUT2D eigenvalue weighted by molar-refractivity contribution is -0.144. The van der Waals surface area contributed by atoms with E-state index in [2.05, 4.69) is 5.32 Å². The molecular formula is C25H29ClN2O5S. The van der Waals surface area contributed by atoms with Crippen molar-refractivity contribution in [3.63, 3.8) is 0 Å². The van der Waals surface area contributed by atoms with Crippen LogP contribution in [0.1, 0.15) is 43.4 Å². The smallest absolute Gasteiger partial charge is 0.307 e. The third-order valence-corrected chi connectivity index (χ3v) is 6.74. The Bertz CT molecular complexity index is 999. The Labute approximate surface area is 209 Å². The minimum absolute atomic E-state index is 0.1000. The lowest BCUT2D eigenvalue weighted by atomic mass is 10.0. The lowest BCUT2D eigenvalue weighted by Crippen LogP contribution is -2.31. The van der Waals surface area contributed by atoms with E-state index >= 15 is 0 Å². The maximum Gasteiger partial charge on any atom is 0.307 e. The fourth-order valence-corrected chi connectivity index (χ4v) is 4.76. The van der Waals surface area contributed by atoms with E-state index in [1.807, 2.05) is 30.3 Å². The predicted molar refractivity (Wildman–Crippen MR) is 132 cm³/mol. The van der Waals surface area contributed by atoms with Crippen LogP contribution >= 0.6 is 23.4 Å². The van der Waals surface area contributed by atoms with Crippen LogP contribution in [0.5, 0.6) is 5.75 Å². The van der Waals surface area contributed by atoms with E-state index < -0.39 is 0 Å². The number of carbonyl (C=O) groups is 3. The van der Waals surface area contributed by atoms with Crippen LogP contribution in [-0.2, 0) is 25.7 Å². The number of amides is 2. The van der Waals surface area contributed by atoms with Gasteiger partial charge in [0.05, 0.1) is 20.1 Å². The summed E-state index contributed by atoms with van der Waals surface area (Å²) in [4.78, 5) is 37.9. The molecule has 3 rings (SSSR count). The Hall–Kier alpha value is -2.55. The first-order chi connectivity index (χ1) is 16.4. The van der Waals surface area contributed by atoms with Crippen molar-refractivity contribution in [1.29, 1.82) is 0 Å². The summed E-state index contributed by atoms with van der Waals surface area (Å²) in [6.45, 7) is 3.04.